The average Bonchev–Trinajstić information content (AvgIpc) is 2.80. The summed E-state index contributed by atoms with van der Waals surface area (Å²) in [5, 5.41) is 12.5. The van der Waals surface area contributed by atoms with E-state index in [1.54, 1.807) is 30.3 Å². The summed E-state index contributed by atoms with van der Waals surface area (Å²) < 4.78 is 26.1. The van der Waals surface area contributed by atoms with Crippen molar-refractivity contribution in [2.45, 2.75) is 34.3 Å². The van der Waals surface area contributed by atoms with Crippen LogP contribution in [0.5, 0.6) is 11.5 Å². The SMILES string of the molecule is CCOc1cc(/C=C(\C#N)C(=O)Nc2c(C)cc(C)cc2C)cc(Br)c1OCc1ccccc1F. The van der Waals surface area contributed by atoms with Crippen molar-refractivity contribution in [2.24, 2.45) is 0 Å². The summed E-state index contributed by atoms with van der Waals surface area (Å²) in [4.78, 5) is 12.9. The molecule has 0 unspecified atom stereocenters. The maximum atomic E-state index is 14.0. The highest BCUT2D eigenvalue weighted by Gasteiger charge is 2.16. The Labute approximate surface area is 213 Å². The van der Waals surface area contributed by atoms with Crippen LogP contribution in [0.3, 0.4) is 0 Å². The number of anilines is 1. The van der Waals surface area contributed by atoms with Crippen molar-refractivity contribution in [2.75, 3.05) is 11.9 Å². The maximum absolute atomic E-state index is 14.0. The normalized spacial score (nSPS) is 11.1. The first-order chi connectivity index (χ1) is 16.7. The second kappa shape index (κ2) is 11.7. The van der Waals surface area contributed by atoms with Crippen molar-refractivity contribution in [1.82, 2.24) is 0 Å². The Bertz CT molecular complexity index is 1310. The summed E-state index contributed by atoms with van der Waals surface area (Å²) in [6.45, 7) is 8.03. The molecule has 0 bridgehead atoms. The minimum absolute atomic E-state index is 0.0155. The van der Waals surface area contributed by atoms with Gasteiger partial charge in [0.1, 0.15) is 24.1 Å². The average molecular weight is 537 g/mol. The molecule has 7 heteroatoms. The van der Waals surface area contributed by atoms with Crippen molar-refractivity contribution in [1.29, 1.82) is 5.26 Å². The number of benzene rings is 3. The zero-order valence-corrected chi connectivity index (χ0v) is 21.6. The van der Waals surface area contributed by atoms with E-state index in [2.05, 4.69) is 21.2 Å². The molecule has 0 aliphatic carbocycles. The number of halogens is 2. The predicted octanol–water partition coefficient (Wildman–Crippen LogP) is 7.04. The van der Waals surface area contributed by atoms with E-state index < -0.39 is 5.91 Å². The topological polar surface area (TPSA) is 71.3 Å². The monoisotopic (exact) mass is 536 g/mol. The fourth-order valence-electron chi connectivity index (χ4n) is 3.71. The number of carbonyl (C=O) groups excluding carboxylic acids is 1. The molecule has 3 aromatic rings. The van der Waals surface area contributed by atoms with E-state index in [-0.39, 0.29) is 18.0 Å². The fraction of sp³-hybridized carbons (Fsp3) is 0.214. The Balaban J connectivity index is 1.89. The van der Waals surface area contributed by atoms with Crippen LogP contribution in [0, 0.1) is 37.9 Å². The number of nitriles is 1. The van der Waals surface area contributed by atoms with Crippen LogP contribution in [0.15, 0.2) is 58.6 Å². The number of amides is 1. The molecule has 1 N–H and O–H groups in total. The molecular weight excluding hydrogens is 511 g/mol. The molecule has 5 nitrogen and oxygen atoms in total. The van der Waals surface area contributed by atoms with Crippen molar-refractivity contribution < 1.29 is 18.7 Å². The molecule has 180 valence electrons. The molecule has 3 rings (SSSR count). The number of carbonyl (C=O) groups is 1. The number of rotatable bonds is 8. The van der Waals surface area contributed by atoms with E-state index >= 15 is 0 Å². The molecule has 0 spiro atoms. The first kappa shape index (κ1) is 26.0. The van der Waals surface area contributed by atoms with E-state index in [0.717, 1.165) is 16.7 Å². The largest absolute Gasteiger partial charge is 0.490 e. The molecule has 0 atom stereocenters. The minimum Gasteiger partial charge on any atom is -0.490 e. The van der Waals surface area contributed by atoms with Gasteiger partial charge in [-0.2, -0.15) is 5.26 Å². The molecule has 0 saturated heterocycles. The van der Waals surface area contributed by atoms with Crippen molar-refractivity contribution in [3.05, 3.63) is 92.2 Å². The van der Waals surface area contributed by atoms with Gasteiger partial charge in [0.05, 0.1) is 11.1 Å². The number of nitrogens with zero attached hydrogens (tertiary/aromatic N) is 1. The zero-order valence-electron chi connectivity index (χ0n) is 20.0. The Morgan fingerprint density at radius 1 is 1.11 bits per heavy atom. The highest BCUT2D eigenvalue weighted by Crippen LogP contribution is 2.38. The predicted molar refractivity (Wildman–Crippen MR) is 139 cm³/mol. The van der Waals surface area contributed by atoms with Gasteiger partial charge < -0.3 is 14.8 Å². The summed E-state index contributed by atoms with van der Waals surface area (Å²) >= 11 is 3.48. The van der Waals surface area contributed by atoms with Crippen LogP contribution in [0.2, 0.25) is 0 Å². The Hall–Kier alpha value is -3.63. The molecule has 0 aromatic heterocycles. The zero-order chi connectivity index (χ0) is 25.5. The molecule has 3 aromatic carbocycles. The molecule has 0 fully saturated rings. The Kier molecular flexibility index (Phi) is 8.67. The van der Waals surface area contributed by atoms with Crippen LogP contribution in [0.4, 0.5) is 10.1 Å². The Morgan fingerprint density at radius 3 is 2.43 bits per heavy atom. The van der Waals surface area contributed by atoms with Gasteiger partial charge in [-0.1, -0.05) is 35.9 Å². The third-order valence-electron chi connectivity index (χ3n) is 5.25. The van der Waals surface area contributed by atoms with E-state index in [0.29, 0.717) is 39.4 Å². The number of hydrogen-bond acceptors (Lipinski definition) is 4. The third kappa shape index (κ3) is 6.49. The van der Waals surface area contributed by atoms with Crippen LogP contribution in [0.1, 0.15) is 34.7 Å². The van der Waals surface area contributed by atoms with Crippen LogP contribution in [-0.2, 0) is 11.4 Å². The van der Waals surface area contributed by atoms with Gasteiger partial charge in [-0.15, -0.1) is 0 Å². The van der Waals surface area contributed by atoms with Crippen LogP contribution in [0.25, 0.3) is 6.08 Å². The molecule has 0 radical (unpaired) electrons. The Morgan fingerprint density at radius 2 is 1.80 bits per heavy atom. The van der Waals surface area contributed by atoms with Gasteiger partial charge in [0.15, 0.2) is 11.5 Å². The van der Waals surface area contributed by atoms with Crippen molar-refractivity contribution >= 4 is 33.6 Å². The first-order valence-corrected chi connectivity index (χ1v) is 11.9. The van der Waals surface area contributed by atoms with Crippen molar-refractivity contribution in [3.8, 4) is 17.6 Å². The standard InChI is InChI=1S/C28H26BrFN2O3/c1-5-34-25-14-20(13-23(29)27(25)35-16-21-8-6-7-9-24(21)30)12-22(15-31)28(33)32-26-18(3)10-17(2)11-19(26)4/h6-14H,5,16H2,1-4H3,(H,32,33)/b22-12+. The summed E-state index contributed by atoms with van der Waals surface area (Å²) in [5.41, 5.74) is 4.56. The highest BCUT2D eigenvalue weighted by atomic mass is 79.9. The summed E-state index contributed by atoms with van der Waals surface area (Å²) in [7, 11) is 0. The minimum atomic E-state index is -0.503. The smallest absolute Gasteiger partial charge is 0.266 e. The third-order valence-corrected chi connectivity index (χ3v) is 5.84. The van der Waals surface area contributed by atoms with Gasteiger partial charge in [0, 0.05) is 11.3 Å². The lowest BCUT2D eigenvalue weighted by atomic mass is 10.0. The quantitative estimate of drug-likeness (QED) is 0.247. The number of hydrogen-bond donors (Lipinski definition) is 1. The summed E-state index contributed by atoms with van der Waals surface area (Å²) in [6, 6.07) is 15.7. The lowest BCUT2D eigenvalue weighted by molar-refractivity contribution is -0.112. The van der Waals surface area contributed by atoms with E-state index in [1.807, 2.05) is 45.9 Å². The molecule has 0 heterocycles. The lowest BCUT2D eigenvalue weighted by Crippen LogP contribution is -2.15. The second-order valence-corrected chi connectivity index (χ2v) is 8.90. The highest BCUT2D eigenvalue weighted by molar-refractivity contribution is 9.10. The lowest BCUT2D eigenvalue weighted by Gasteiger charge is -2.15. The first-order valence-electron chi connectivity index (χ1n) is 11.1. The van der Waals surface area contributed by atoms with Gasteiger partial charge >= 0.3 is 0 Å². The molecule has 0 aliphatic rings. The fourth-order valence-corrected chi connectivity index (χ4v) is 4.29. The molecule has 1 amide bonds. The molecular formula is C28H26BrFN2O3. The maximum Gasteiger partial charge on any atom is 0.266 e. The number of nitrogens with one attached hydrogen (secondary N) is 1. The van der Waals surface area contributed by atoms with Gasteiger partial charge in [-0.3, -0.25) is 4.79 Å². The van der Waals surface area contributed by atoms with E-state index in [4.69, 9.17) is 9.47 Å². The second-order valence-electron chi connectivity index (χ2n) is 8.04. The van der Waals surface area contributed by atoms with Gasteiger partial charge in [-0.05, 0) is 84.6 Å². The van der Waals surface area contributed by atoms with Crippen molar-refractivity contribution in [3.63, 3.8) is 0 Å². The van der Waals surface area contributed by atoms with E-state index in [1.165, 1.54) is 12.1 Å². The van der Waals surface area contributed by atoms with E-state index in [9.17, 15) is 14.4 Å². The van der Waals surface area contributed by atoms with Crippen LogP contribution >= 0.6 is 15.9 Å². The number of aryl methyl sites for hydroxylation is 3. The molecule has 35 heavy (non-hydrogen) atoms. The van der Waals surface area contributed by atoms with Crippen LogP contribution < -0.4 is 14.8 Å². The van der Waals surface area contributed by atoms with Gasteiger partial charge in [-0.25, -0.2) is 4.39 Å². The summed E-state index contributed by atoms with van der Waals surface area (Å²) in [5.74, 6) is -0.0464. The van der Waals surface area contributed by atoms with Gasteiger partial charge in [0.2, 0.25) is 0 Å². The molecule has 0 aliphatic heterocycles. The number of ether oxygens (including phenoxy) is 2. The van der Waals surface area contributed by atoms with Crippen LogP contribution in [-0.4, -0.2) is 12.5 Å². The molecule has 0 saturated carbocycles. The summed E-state index contributed by atoms with van der Waals surface area (Å²) in [6.07, 6.45) is 1.49. The van der Waals surface area contributed by atoms with Gasteiger partial charge in [0.25, 0.3) is 5.91 Å².